The van der Waals surface area contributed by atoms with E-state index in [1.165, 1.54) is 36.7 Å². The van der Waals surface area contributed by atoms with Crippen molar-refractivity contribution in [3.63, 3.8) is 0 Å². The molecule has 2 atom stereocenters. The summed E-state index contributed by atoms with van der Waals surface area (Å²) >= 11 is 6.51. The highest BCUT2D eigenvalue weighted by Gasteiger charge is 2.55. The molecule has 0 unspecified atom stereocenters. The molecule has 0 bridgehead atoms. The molecule has 280 valence electrons. The minimum Gasteiger partial charge on any atom is -0.447 e. The first-order valence-electron chi connectivity index (χ1n) is 16.4. The number of amides is 3. The van der Waals surface area contributed by atoms with E-state index < -0.39 is 60.2 Å². The van der Waals surface area contributed by atoms with Crippen molar-refractivity contribution < 1.29 is 41.1 Å². The fourth-order valence-electron chi connectivity index (χ4n) is 6.09. The minimum absolute atomic E-state index is 0.0581. The van der Waals surface area contributed by atoms with Crippen LogP contribution in [-0.4, -0.2) is 67.3 Å². The number of nitrogens with zero attached hydrogens (tertiary/aromatic N) is 5. The Balaban J connectivity index is 1.48. The number of guanidine groups is 1. The second-order valence-corrected chi connectivity index (χ2v) is 14.3. The van der Waals surface area contributed by atoms with E-state index in [-0.39, 0.29) is 28.6 Å². The SMILES string of the molecule is CC(C)(C)C[C@]1(c2ccc(-c3cnn(C(F)F)c3)cc2)N=C(NC(=O)C(F)(F)F)N([C@H](COC(=O)NC2CC2)c2ccc(Cl)c(-c3ncc[nH]3)c2)C1=O. The number of aliphatic imine (C=N–C) groups is 1. The van der Waals surface area contributed by atoms with Crippen molar-refractivity contribution in [2.75, 3.05) is 6.61 Å². The molecule has 2 aromatic heterocycles. The molecule has 53 heavy (non-hydrogen) atoms. The Labute approximate surface area is 304 Å². The number of aromatic nitrogens is 4. The number of aromatic amines is 1. The van der Waals surface area contributed by atoms with E-state index in [0.29, 0.717) is 27.2 Å². The van der Waals surface area contributed by atoms with E-state index in [1.54, 1.807) is 50.5 Å². The highest BCUT2D eigenvalue weighted by molar-refractivity contribution is 6.33. The molecule has 6 rings (SSSR count). The van der Waals surface area contributed by atoms with Crippen LogP contribution in [0.25, 0.3) is 22.5 Å². The van der Waals surface area contributed by atoms with Crippen molar-refractivity contribution in [1.82, 2.24) is 35.3 Å². The Morgan fingerprint density at radius 3 is 2.40 bits per heavy atom. The van der Waals surface area contributed by atoms with Gasteiger partial charge in [0.25, 0.3) is 5.91 Å². The third-order valence-electron chi connectivity index (χ3n) is 8.58. The third-order valence-corrected chi connectivity index (χ3v) is 8.91. The number of hydrogen-bond acceptors (Lipinski definition) is 7. The van der Waals surface area contributed by atoms with Gasteiger partial charge in [0.2, 0.25) is 5.96 Å². The van der Waals surface area contributed by atoms with Crippen molar-refractivity contribution in [3.05, 3.63) is 83.4 Å². The van der Waals surface area contributed by atoms with Gasteiger partial charge in [-0.25, -0.2) is 19.5 Å². The lowest BCUT2D eigenvalue weighted by Gasteiger charge is -2.35. The van der Waals surface area contributed by atoms with Gasteiger partial charge in [-0.3, -0.25) is 19.8 Å². The average molecular weight is 761 g/mol. The Hall–Kier alpha value is -5.32. The van der Waals surface area contributed by atoms with Gasteiger partial charge in [0, 0.05) is 35.8 Å². The molecule has 2 aromatic carbocycles. The molecule has 1 aliphatic heterocycles. The Bertz CT molecular complexity index is 2020. The van der Waals surface area contributed by atoms with Crippen LogP contribution in [0.4, 0.5) is 26.7 Å². The first-order chi connectivity index (χ1) is 24.9. The summed E-state index contributed by atoms with van der Waals surface area (Å²) in [7, 11) is 0. The summed E-state index contributed by atoms with van der Waals surface area (Å²) < 4.78 is 73.9. The summed E-state index contributed by atoms with van der Waals surface area (Å²) in [5.41, 5.74) is -0.917. The van der Waals surface area contributed by atoms with Crippen LogP contribution in [0, 0.1) is 5.41 Å². The van der Waals surface area contributed by atoms with Crippen LogP contribution in [0.5, 0.6) is 0 Å². The van der Waals surface area contributed by atoms with Crippen molar-refractivity contribution >= 4 is 35.5 Å². The smallest absolute Gasteiger partial charge is 0.447 e. The first kappa shape index (κ1) is 37.4. The van der Waals surface area contributed by atoms with Gasteiger partial charge in [-0.15, -0.1) is 0 Å². The number of hydrogen-bond donors (Lipinski definition) is 3. The molecule has 3 heterocycles. The molecule has 0 radical (unpaired) electrons. The molecule has 3 amide bonds. The number of carbonyl (C=O) groups excluding carboxylic acids is 3. The third kappa shape index (κ3) is 8.19. The largest absolute Gasteiger partial charge is 0.471 e. The number of benzene rings is 2. The molecule has 2 aliphatic rings. The van der Waals surface area contributed by atoms with Crippen LogP contribution < -0.4 is 10.6 Å². The van der Waals surface area contributed by atoms with E-state index in [1.807, 2.05) is 0 Å². The summed E-state index contributed by atoms with van der Waals surface area (Å²) in [6.07, 6.45) is 0.684. The zero-order valence-electron chi connectivity index (χ0n) is 28.5. The van der Waals surface area contributed by atoms with Crippen LogP contribution in [-0.2, 0) is 19.9 Å². The lowest BCUT2D eigenvalue weighted by atomic mass is 9.75. The highest BCUT2D eigenvalue weighted by atomic mass is 35.5. The first-order valence-corrected chi connectivity index (χ1v) is 16.8. The van der Waals surface area contributed by atoms with E-state index in [9.17, 15) is 31.5 Å². The average Bonchev–Trinajstić information content (AvgIpc) is 3.44. The van der Waals surface area contributed by atoms with E-state index >= 15 is 4.79 Å². The number of nitrogens with one attached hydrogen (secondary N) is 3. The number of ether oxygens (including phenoxy) is 1. The summed E-state index contributed by atoms with van der Waals surface area (Å²) in [4.78, 5) is 53.0. The molecule has 1 aliphatic carbocycles. The number of rotatable bonds is 10. The van der Waals surface area contributed by atoms with Crippen molar-refractivity contribution in [2.45, 2.75) is 70.4 Å². The van der Waals surface area contributed by atoms with Gasteiger partial charge < -0.3 is 15.0 Å². The molecular weight excluding hydrogens is 727 g/mol. The van der Waals surface area contributed by atoms with Crippen LogP contribution in [0.1, 0.15) is 63.8 Å². The standard InChI is InChI=1S/C35H34ClF5N8O4/c1-33(2,3)18-34(22-7-4-19(5-8-22)21-15-44-48(16-21)30(37)38)29(51)49(31(47-34)46-28(50)35(39,40)41)26(17-53-32(52)45-23-9-10-23)20-6-11-25(36)24(14-20)27-42-12-13-43-27/h4-8,11-16,23,26,30H,9-10,17-18H2,1-3H3,(H,42,43)(H,45,52)(H,46,47,50)/t26-,34-/m1/s1. The maximum atomic E-state index is 15.1. The van der Waals surface area contributed by atoms with E-state index in [0.717, 1.165) is 23.9 Å². The van der Waals surface area contributed by atoms with E-state index in [2.05, 4.69) is 25.4 Å². The van der Waals surface area contributed by atoms with Crippen molar-refractivity contribution in [1.29, 1.82) is 0 Å². The van der Waals surface area contributed by atoms with Gasteiger partial charge in [-0.05, 0) is 53.5 Å². The van der Waals surface area contributed by atoms with Crippen LogP contribution in [0.15, 0.2) is 72.2 Å². The Morgan fingerprint density at radius 2 is 1.81 bits per heavy atom. The fraction of sp³-hybridized carbons (Fsp3) is 0.371. The predicted octanol–water partition coefficient (Wildman–Crippen LogP) is 7.13. The summed E-state index contributed by atoms with van der Waals surface area (Å²) in [6, 6.07) is 9.24. The second kappa shape index (κ2) is 14.2. The molecule has 1 saturated carbocycles. The maximum Gasteiger partial charge on any atom is 0.471 e. The number of carbonyl (C=O) groups is 3. The molecular formula is C35H34ClF5N8O4. The summed E-state index contributed by atoms with van der Waals surface area (Å²) in [6.45, 7) is 1.98. The number of imidazole rings is 1. The van der Waals surface area contributed by atoms with Gasteiger partial charge in [0.05, 0.1) is 17.3 Å². The van der Waals surface area contributed by atoms with Crippen molar-refractivity contribution in [3.8, 4) is 22.5 Å². The number of alkyl carbamates (subject to hydrolysis) is 1. The molecule has 0 spiro atoms. The van der Waals surface area contributed by atoms with E-state index in [4.69, 9.17) is 16.3 Å². The Morgan fingerprint density at radius 1 is 1.09 bits per heavy atom. The lowest BCUT2D eigenvalue weighted by Crippen LogP contribution is -2.51. The van der Waals surface area contributed by atoms with Gasteiger partial charge in [0.15, 0.2) is 5.54 Å². The van der Waals surface area contributed by atoms with Gasteiger partial charge in [-0.2, -0.15) is 27.1 Å². The Kier molecular flexibility index (Phi) is 10.1. The molecule has 12 nitrogen and oxygen atoms in total. The summed E-state index contributed by atoms with van der Waals surface area (Å²) in [5, 5.41) is 8.38. The molecule has 18 heteroatoms. The fourth-order valence-corrected chi connectivity index (χ4v) is 6.29. The number of halogens is 6. The topological polar surface area (TPSA) is 147 Å². The minimum atomic E-state index is -5.36. The zero-order valence-corrected chi connectivity index (χ0v) is 29.3. The molecule has 1 fully saturated rings. The second-order valence-electron chi connectivity index (χ2n) is 13.9. The quantitative estimate of drug-likeness (QED) is 0.147. The molecule has 4 aromatic rings. The van der Waals surface area contributed by atoms with Gasteiger partial charge in [0.1, 0.15) is 12.4 Å². The van der Waals surface area contributed by atoms with Crippen LogP contribution in [0.3, 0.4) is 0 Å². The van der Waals surface area contributed by atoms with Crippen molar-refractivity contribution in [2.24, 2.45) is 10.4 Å². The van der Waals surface area contributed by atoms with Crippen LogP contribution >= 0.6 is 11.6 Å². The lowest BCUT2D eigenvalue weighted by molar-refractivity contribution is -0.172. The van der Waals surface area contributed by atoms with Gasteiger partial charge in [-0.1, -0.05) is 62.7 Å². The van der Waals surface area contributed by atoms with Gasteiger partial charge >= 0.3 is 24.7 Å². The number of alkyl halides is 5. The normalized spacial score (nSPS) is 18.3. The number of H-pyrrole nitrogens is 1. The molecule has 0 saturated heterocycles. The summed E-state index contributed by atoms with van der Waals surface area (Å²) in [5.74, 6) is -3.59. The highest BCUT2D eigenvalue weighted by Crippen LogP contribution is 2.46. The molecule has 3 N–H and O–H groups in total. The monoisotopic (exact) mass is 760 g/mol. The predicted molar refractivity (Wildman–Crippen MR) is 182 cm³/mol. The maximum absolute atomic E-state index is 15.1. The van der Waals surface area contributed by atoms with Crippen LogP contribution in [0.2, 0.25) is 5.02 Å². The zero-order chi connectivity index (χ0) is 38.3.